The van der Waals surface area contributed by atoms with Gasteiger partial charge in [-0.25, -0.2) is 4.98 Å². The summed E-state index contributed by atoms with van der Waals surface area (Å²) in [6, 6.07) is 5.05. The summed E-state index contributed by atoms with van der Waals surface area (Å²) >= 11 is 6.09. The van der Waals surface area contributed by atoms with Crippen molar-refractivity contribution in [1.82, 2.24) is 9.55 Å². The first kappa shape index (κ1) is 15.1. The van der Waals surface area contributed by atoms with Gasteiger partial charge in [-0.15, -0.1) is 0 Å². The van der Waals surface area contributed by atoms with Crippen molar-refractivity contribution >= 4 is 22.6 Å². The molecule has 1 aromatic heterocycles. The summed E-state index contributed by atoms with van der Waals surface area (Å²) in [7, 11) is 0. The van der Waals surface area contributed by atoms with Crippen LogP contribution in [0.2, 0.25) is 5.02 Å². The zero-order valence-electron chi connectivity index (χ0n) is 10.8. The Bertz CT molecular complexity index is 609. The molecule has 0 aliphatic rings. The molecule has 1 unspecified atom stereocenters. The summed E-state index contributed by atoms with van der Waals surface area (Å²) in [5.74, 6) is 0.194. The predicted octanol–water partition coefficient (Wildman–Crippen LogP) is 3.57. The molecule has 0 aliphatic carbocycles. The number of nitrogens with zero attached hydrogens (tertiary/aromatic N) is 2. The number of rotatable bonds is 4. The third kappa shape index (κ3) is 2.91. The number of hydrogen-bond donors (Lipinski definition) is 1. The van der Waals surface area contributed by atoms with Crippen molar-refractivity contribution in [2.45, 2.75) is 38.6 Å². The van der Waals surface area contributed by atoms with E-state index in [2.05, 4.69) is 4.98 Å². The van der Waals surface area contributed by atoms with Gasteiger partial charge in [-0.1, -0.05) is 24.6 Å². The standard InChI is InChI=1S/C13H14ClF3N2O/c1-2-6-19-11(7-10(20)13(15,16)17)18-9-5-3-4-8(14)12(9)19/h3-5,10,20H,2,6-7H2,1H3. The maximum atomic E-state index is 12.5. The van der Waals surface area contributed by atoms with Crippen LogP contribution in [0.4, 0.5) is 13.2 Å². The van der Waals surface area contributed by atoms with Crippen LogP contribution >= 0.6 is 11.6 Å². The fraction of sp³-hybridized carbons (Fsp3) is 0.462. The number of hydrogen-bond acceptors (Lipinski definition) is 2. The lowest BCUT2D eigenvalue weighted by molar-refractivity contribution is -0.203. The topological polar surface area (TPSA) is 38.0 Å². The van der Waals surface area contributed by atoms with Crippen LogP contribution in [0.25, 0.3) is 11.0 Å². The monoisotopic (exact) mass is 306 g/mol. The molecule has 1 aromatic carbocycles. The summed E-state index contributed by atoms with van der Waals surface area (Å²) in [4.78, 5) is 4.16. The van der Waals surface area contributed by atoms with Crippen LogP contribution in [-0.2, 0) is 13.0 Å². The van der Waals surface area contributed by atoms with Crippen molar-refractivity contribution in [3.63, 3.8) is 0 Å². The van der Waals surface area contributed by atoms with Gasteiger partial charge in [0.2, 0.25) is 0 Å². The highest BCUT2D eigenvalue weighted by Gasteiger charge is 2.39. The number of fused-ring (bicyclic) bond motifs is 1. The Kier molecular flexibility index (Phi) is 4.25. The van der Waals surface area contributed by atoms with Crippen LogP contribution in [-0.4, -0.2) is 26.9 Å². The molecule has 0 saturated heterocycles. The first-order chi connectivity index (χ1) is 9.34. The molecule has 0 saturated carbocycles. The number of aliphatic hydroxyl groups is 1. The Balaban J connectivity index is 2.47. The number of aromatic nitrogens is 2. The molecule has 20 heavy (non-hydrogen) atoms. The predicted molar refractivity (Wildman–Crippen MR) is 70.8 cm³/mol. The van der Waals surface area contributed by atoms with E-state index in [1.807, 2.05) is 6.92 Å². The minimum atomic E-state index is -4.65. The Morgan fingerprint density at radius 1 is 1.40 bits per heavy atom. The molecule has 0 bridgehead atoms. The summed E-state index contributed by atoms with van der Waals surface area (Å²) in [5, 5.41) is 9.66. The zero-order valence-corrected chi connectivity index (χ0v) is 11.5. The van der Waals surface area contributed by atoms with Gasteiger partial charge in [0.15, 0.2) is 6.10 Å². The fourth-order valence-corrected chi connectivity index (χ4v) is 2.37. The molecule has 2 rings (SSSR count). The maximum absolute atomic E-state index is 12.5. The number of aryl methyl sites for hydroxylation is 1. The molecule has 1 heterocycles. The van der Waals surface area contributed by atoms with Crippen molar-refractivity contribution < 1.29 is 18.3 Å². The molecule has 0 spiro atoms. The highest BCUT2D eigenvalue weighted by Crippen LogP contribution is 2.28. The summed E-state index contributed by atoms with van der Waals surface area (Å²) in [6.45, 7) is 2.41. The van der Waals surface area contributed by atoms with Crippen molar-refractivity contribution in [3.05, 3.63) is 29.0 Å². The first-order valence-electron chi connectivity index (χ1n) is 6.23. The van der Waals surface area contributed by atoms with Gasteiger partial charge in [0.25, 0.3) is 0 Å². The number of aliphatic hydroxyl groups excluding tert-OH is 1. The maximum Gasteiger partial charge on any atom is 0.414 e. The second-order valence-electron chi connectivity index (χ2n) is 4.55. The minimum Gasteiger partial charge on any atom is -0.383 e. The van der Waals surface area contributed by atoms with Gasteiger partial charge < -0.3 is 9.67 Å². The van der Waals surface area contributed by atoms with Crippen molar-refractivity contribution in [1.29, 1.82) is 0 Å². The zero-order chi connectivity index (χ0) is 14.9. The molecule has 2 aromatic rings. The molecule has 1 N–H and O–H groups in total. The smallest absolute Gasteiger partial charge is 0.383 e. The molecule has 0 aliphatic heterocycles. The van der Waals surface area contributed by atoms with Crippen molar-refractivity contribution in [2.24, 2.45) is 0 Å². The lowest BCUT2D eigenvalue weighted by Crippen LogP contribution is -2.31. The molecule has 0 amide bonds. The normalized spacial score (nSPS) is 13.9. The molecule has 1 atom stereocenters. The van der Waals surface area contributed by atoms with E-state index < -0.39 is 18.7 Å². The van der Waals surface area contributed by atoms with Crippen LogP contribution in [0.5, 0.6) is 0 Å². The average Bonchev–Trinajstić information content (AvgIpc) is 2.68. The van der Waals surface area contributed by atoms with Gasteiger partial charge in [-0.2, -0.15) is 13.2 Å². The van der Waals surface area contributed by atoms with Crippen LogP contribution < -0.4 is 0 Å². The first-order valence-corrected chi connectivity index (χ1v) is 6.60. The summed E-state index contributed by atoms with van der Waals surface area (Å²) in [5.41, 5.74) is 1.15. The van der Waals surface area contributed by atoms with Gasteiger partial charge in [-0.3, -0.25) is 0 Å². The van der Waals surface area contributed by atoms with Crippen LogP contribution in [0, 0.1) is 0 Å². The minimum absolute atomic E-state index is 0.194. The Morgan fingerprint density at radius 2 is 2.10 bits per heavy atom. The Labute approximate surface area is 119 Å². The van der Waals surface area contributed by atoms with E-state index in [1.54, 1.807) is 22.8 Å². The number of imidazole rings is 1. The van der Waals surface area contributed by atoms with E-state index >= 15 is 0 Å². The van der Waals surface area contributed by atoms with E-state index in [4.69, 9.17) is 11.6 Å². The van der Waals surface area contributed by atoms with Crippen LogP contribution in [0.15, 0.2) is 18.2 Å². The third-order valence-electron chi connectivity index (χ3n) is 3.00. The van der Waals surface area contributed by atoms with Gasteiger partial charge in [0.05, 0.1) is 16.1 Å². The highest BCUT2D eigenvalue weighted by molar-refractivity contribution is 6.35. The Hall–Kier alpha value is -1.27. The van der Waals surface area contributed by atoms with Crippen LogP contribution in [0.1, 0.15) is 19.2 Å². The molecule has 0 radical (unpaired) electrons. The lowest BCUT2D eigenvalue weighted by atomic mass is 10.2. The van der Waals surface area contributed by atoms with E-state index in [-0.39, 0.29) is 5.82 Å². The van der Waals surface area contributed by atoms with Gasteiger partial charge >= 0.3 is 6.18 Å². The Morgan fingerprint density at radius 3 is 2.70 bits per heavy atom. The number of alkyl halides is 3. The average molecular weight is 307 g/mol. The molecular weight excluding hydrogens is 293 g/mol. The second kappa shape index (κ2) is 5.61. The number of halogens is 4. The highest BCUT2D eigenvalue weighted by atomic mass is 35.5. The van der Waals surface area contributed by atoms with E-state index in [1.165, 1.54) is 0 Å². The van der Waals surface area contributed by atoms with Crippen LogP contribution in [0.3, 0.4) is 0 Å². The molecule has 110 valence electrons. The number of para-hydroxylation sites is 1. The molecule has 3 nitrogen and oxygen atoms in total. The SMILES string of the molecule is CCCn1c(CC(O)C(F)(F)F)nc2cccc(Cl)c21. The third-order valence-corrected chi connectivity index (χ3v) is 3.30. The number of benzene rings is 1. The summed E-state index contributed by atoms with van der Waals surface area (Å²) in [6.07, 6.45) is -6.92. The van der Waals surface area contributed by atoms with E-state index in [9.17, 15) is 18.3 Å². The van der Waals surface area contributed by atoms with Crippen molar-refractivity contribution in [2.75, 3.05) is 0 Å². The quantitative estimate of drug-likeness (QED) is 0.938. The summed E-state index contributed by atoms with van der Waals surface area (Å²) < 4.78 is 39.1. The largest absolute Gasteiger partial charge is 0.414 e. The fourth-order valence-electron chi connectivity index (χ4n) is 2.10. The second-order valence-corrected chi connectivity index (χ2v) is 4.96. The van der Waals surface area contributed by atoms with Gasteiger partial charge in [0, 0.05) is 13.0 Å². The molecule has 0 fully saturated rings. The van der Waals surface area contributed by atoms with Crippen molar-refractivity contribution in [3.8, 4) is 0 Å². The lowest BCUT2D eigenvalue weighted by Gasteiger charge is -2.15. The molecular formula is C13H14ClF3N2O. The van der Waals surface area contributed by atoms with Gasteiger partial charge in [0.1, 0.15) is 5.82 Å². The molecule has 7 heteroatoms. The van der Waals surface area contributed by atoms with Gasteiger partial charge in [-0.05, 0) is 18.6 Å². The van der Waals surface area contributed by atoms with E-state index in [0.717, 1.165) is 6.42 Å². The van der Waals surface area contributed by atoms with E-state index in [0.29, 0.717) is 22.6 Å².